The van der Waals surface area contributed by atoms with Crippen LogP contribution in [-0.4, -0.2) is 24.2 Å². The molecule has 1 aromatic carbocycles. The maximum atomic E-state index is 11.2. The fourth-order valence-corrected chi connectivity index (χ4v) is 2.01. The molecule has 0 aliphatic carbocycles. The van der Waals surface area contributed by atoms with Crippen LogP contribution < -0.4 is 4.90 Å². The average Bonchev–Trinajstić information content (AvgIpc) is 2.25. The van der Waals surface area contributed by atoms with E-state index < -0.39 is 5.97 Å². The van der Waals surface area contributed by atoms with Crippen molar-refractivity contribution < 1.29 is 9.90 Å². The smallest absolute Gasteiger partial charge is 0.337 e. The van der Waals surface area contributed by atoms with Crippen molar-refractivity contribution in [2.75, 3.05) is 18.0 Å². The number of halogens is 1. The summed E-state index contributed by atoms with van der Waals surface area (Å²) < 4.78 is 0.769. The van der Waals surface area contributed by atoms with Crippen LogP contribution in [0.3, 0.4) is 0 Å². The highest BCUT2D eigenvalue weighted by Crippen LogP contribution is 2.25. The largest absolute Gasteiger partial charge is 0.478 e. The first kappa shape index (κ1) is 13.8. The molecule has 0 fully saturated rings. The standard InChI is InChI=1S/C13H16BrNO2/c1-4-15(8-9(2)3)12-6-5-10(14)7-11(12)13(16)17/h5-7H,2,4,8H2,1,3H3,(H,16,17). The van der Waals surface area contributed by atoms with Gasteiger partial charge < -0.3 is 10.0 Å². The summed E-state index contributed by atoms with van der Waals surface area (Å²) in [5.74, 6) is -0.915. The SMILES string of the molecule is C=C(C)CN(CC)c1ccc(Br)cc1C(=O)O. The molecule has 0 unspecified atom stereocenters. The summed E-state index contributed by atoms with van der Waals surface area (Å²) in [7, 11) is 0. The summed E-state index contributed by atoms with van der Waals surface area (Å²) in [6.45, 7) is 9.20. The lowest BCUT2D eigenvalue weighted by atomic mass is 10.1. The third kappa shape index (κ3) is 3.60. The lowest BCUT2D eigenvalue weighted by Gasteiger charge is -2.25. The van der Waals surface area contributed by atoms with Gasteiger partial charge in [-0.3, -0.25) is 0 Å². The second-order valence-corrected chi connectivity index (χ2v) is 4.85. The molecule has 0 atom stereocenters. The zero-order valence-corrected chi connectivity index (χ0v) is 11.6. The molecule has 1 aromatic rings. The molecule has 0 aliphatic rings. The summed E-state index contributed by atoms with van der Waals surface area (Å²) in [4.78, 5) is 13.2. The predicted octanol–water partition coefficient (Wildman–Crippen LogP) is 3.55. The lowest BCUT2D eigenvalue weighted by Crippen LogP contribution is -2.26. The van der Waals surface area contributed by atoms with E-state index >= 15 is 0 Å². The number of rotatable bonds is 5. The van der Waals surface area contributed by atoms with Crippen molar-refractivity contribution in [1.82, 2.24) is 0 Å². The van der Waals surface area contributed by atoms with E-state index in [0.717, 1.165) is 22.3 Å². The maximum absolute atomic E-state index is 11.2. The number of likely N-dealkylation sites (N-methyl/N-ethyl adjacent to an activating group) is 1. The van der Waals surface area contributed by atoms with Crippen molar-refractivity contribution >= 4 is 27.6 Å². The molecule has 3 nitrogen and oxygen atoms in total. The van der Waals surface area contributed by atoms with E-state index in [1.165, 1.54) is 0 Å². The summed E-state index contributed by atoms with van der Waals surface area (Å²) in [5.41, 5.74) is 2.04. The van der Waals surface area contributed by atoms with Gasteiger partial charge in [0.05, 0.1) is 11.3 Å². The van der Waals surface area contributed by atoms with E-state index in [1.54, 1.807) is 6.07 Å². The van der Waals surface area contributed by atoms with Crippen LogP contribution in [0.15, 0.2) is 34.8 Å². The van der Waals surface area contributed by atoms with Crippen molar-refractivity contribution in [1.29, 1.82) is 0 Å². The van der Waals surface area contributed by atoms with Crippen LogP contribution in [0.2, 0.25) is 0 Å². The molecule has 17 heavy (non-hydrogen) atoms. The number of carboxylic acid groups (broad SMARTS) is 1. The minimum Gasteiger partial charge on any atom is -0.478 e. The molecule has 1 rings (SSSR count). The lowest BCUT2D eigenvalue weighted by molar-refractivity contribution is 0.0697. The van der Waals surface area contributed by atoms with Crippen molar-refractivity contribution in [3.05, 3.63) is 40.4 Å². The Labute approximate surface area is 110 Å². The Hall–Kier alpha value is -1.29. The number of nitrogens with zero attached hydrogens (tertiary/aromatic N) is 1. The predicted molar refractivity (Wildman–Crippen MR) is 73.8 cm³/mol. The van der Waals surface area contributed by atoms with Crippen LogP contribution in [0.4, 0.5) is 5.69 Å². The highest BCUT2D eigenvalue weighted by atomic mass is 79.9. The molecule has 0 amide bonds. The van der Waals surface area contributed by atoms with E-state index in [2.05, 4.69) is 22.5 Å². The molecule has 92 valence electrons. The minimum absolute atomic E-state index is 0.308. The molecule has 0 saturated heterocycles. The fourth-order valence-electron chi connectivity index (χ4n) is 1.65. The highest BCUT2D eigenvalue weighted by Gasteiger charge is 2.15. The first-order valence-corrected chi connectivity index (χ1v) is 6.17. The number of aromatic carboxylic acids is 1. The zero-order valence-electron chi connectivity index (χ0n) is 10.0. The van der Waals surface area contributed by atoms with Crippen molar-refractivity contribution in [2.24, 2.45) is 0 Å². The van der Waals surface area contributed by atoms with Crippen LogP contribution in [0.5, 0.6) is 0 Å². The summed E-state index contributed by atoms with van der Waals surface area (Å²) in [6.07, 6.45) is 0. The van der Waals surface area contributed by atoms with Crippen molar-refractivity contribution in [3.63, 3.8) is 0 Å². The van der Waals surface area contributed by atoms with Gasteiger partial charge >= 0.3 is 5.97 Å². The van der Waals surface area contributed by atoms with Crippen LogP contribution in [0.25, 0.3) is 0 Å². The van der Waals surface area contributed by atoms with Crippen LogP contribution >= 0.6 is 15.9 Å². The Balaban J connectivity index is 3.18. The van der Waals surface area contributed by atoms with Gasteiger partial charge in [0.25, 0.3) is 0 Å². The molecule has 4 heteroatoms. The molecule has 0 spiro atoms. The molecule has 0 saturated carbocycles. The second kappa shape index (κ2) is 5.87. The normalized spacial score (nSPS) is 10.1. The summed E-state index contributed by atoms with van der Waals surface area (Å²) in [5, 5.41) is 9.20. The molecule has 0 aliphatic heterocycles. The Bertz CT molecular complexity index is 443. The zero-order chi connectivity index (χ0) is 13.0. The van der Waals surface area contributed by atoms with E-state index in [4.69, 9.17) is 0 Å². The number of carbonyl (C=O) groups is 1. The van der Waals surface area contributed by atoms with Gasteiger partial charge in [0.2, 0.25) is 0 Å². The third-order valence-electron chi connectivity index (χ3n) is 2.37. The first-order valence-electron chi connectivity index (χ1n) is 5.38. The molecular weight excluding hydrogens is 282 g/mol. The number of anilines is 1. The molecular formula is C13H16BrNO2. The Morgan fingerprint density at radius 2 is 2.18 bits per heavy atom. The van der Waals surface area contributed by atoms with Gasteiger partial charge in [-0.15, -0.1) is 0 Å². The van der Waals surface area contributed by atoms with Crippen LogP contribution in [0, 0.1) is 0 Å². The number of hydrogen-bond donors (Lipinski definition) is 1. The van der Waals surface area contributed by atoms with Gasteiger partial charge in [0.1, 0.15) is 0 Å². The Morgan fingerprint density at radius 1 is 1.53 bits per heavy atom. The Morgan fingerprint density at radius 3 is 2.65 bits per heavy atom. The first-order chi connectivity index (χ1) is 7.95. The topological polar surface area (TPSA) is 40.5 Å². The van der Waals surface area contributed by atoms with Gasteiger partial charge in [0.15, 0.2) is 0 Å². The van der Waals surface area contributed by atoms with Gasteiger partial charge in [-0.25, -0.2) is 4.79 Å². The average molecular weight is 298 g/mol. The van der Waals surface area contributed by atoms with Gasteiger partial charge in [0, 0.05) is 17.6 Å². The molecule has 0 aromatic heterocycles. The Kier molecular flexibility index (Phi) is 4.75. The van der Waals surface area contributed by atoms with Crippen molar-refractivity contribution in [3.8, 4) is 0 Å². The minimum atomic E-state index is -0.915. The summed E-state index contributed by atoms with van der Waals surface area (Å²) >= 11 is 3.29. The van der Waals surface area contributed by atoms with E-state index in [1.807, 2.05) is 30.9 Å². The fraction of sp³-hybridized carbons (Fsp3) is 0.308. The maximum Gasteiger partial charge on any atom is 0.337 e. The van der Waals surface area contributed by atoms with E-state index in [-0.39, 0.29) is 0 Å². The highest BCUT2D eigenvalue weighted by molar-refractivity contribution is 9.10. The number of benzene rings is 1. The van der Waals surface area contributed by atoms with E-state index in [0.29, 0.717) is 12.1 Å². The molecule has 0 heterocycles. The molecule has 0 bridgehead atoms. The van der Waals surface area contributed by atoms with Gasteiger partial charge in [-0.2, -0.15) is 0 Å². The molecule has 0 radical (unpaired) electrons. The molecule has 1 N–H and O–H groups in total. The quantitative estimate of drug-likeness (QED) is 0.845. The number of hydrogen-bond acceptors (Lipinski definition) is 2. The van der Waals surface area contributed by atoms with Crippen LogP contribution in [0.1, 0.15) is 24.2 Å². The van der Waals surface area contributed by atoms with Gasteiger partial charge in [-0.1, -0.05) is 28.1 Å². The van der Waals surface area contributed by atoms with E-state index in [9.17, 15) is 9.90 Å². The van der Waals surface area contributed by atoms with Crippen LogP contribution in [-0.2, 0) is 0 Å². The summed E-state index contributed by atoms with van der Waals surface area (Å²) in [6, 6.07) is 5.29. The van der Waals surface area contributed by atoms with Gasteiger partial charge in [-0.05, 0) is 32.0 Å². The number of carboxylic acids is 1. The van der Waals surface area contributed by atoms with Crippen molar-refractivity contribution in [2.45, 2.75) is 13.8 Å². The third-order valence-corrected chi connectivity index (χ3v) is 2.87. The second-order valence-electron chi connectivity index (χ2n) is 3.94. The monoisotopic (exact) mass is 297 g/mol.